The van der Waals surface area contributed by atoms with E-state index < -0.39 is 17.9 Å². The summed E-state index contributed by atoms with van der Waals surface area (Å²) >= 11 is 1.54. The topological polar surface area (TPSA) is 105 Å². The van der Waals surface area contributed by atoms with Crippen molar-refractivity contribution >= 4 is 29.7 Å². The Bertz CT molecular complexity index is 1270. The fourth-order valence-electron chi connectivity index (χ4n) is 5.56. The smallest absolute Gasteiger partial charge is 0.414 e. The van der Waals surface area contributed by atoms with Gasteiger partial charge in [-0.2, -0.15) is 11.8 Å². The van der Waals surface area contributed by atoms with Crippen molar-refractivity contribution in [1.29, 1.82) is 0 Å². The van der Waals surface area contributed by atoms with Crippen LogP contribution >= 0.6 is 11.8 Å². The van der Waals surface area contributed by atoms with E-state index >= 15 is 0 Å². The summed E-state index contributed by atoms with van der Waals surface area (Å²) in [6, 6.07) is 12.3. The van der Waals surface area contributed by atoms with Crippen LogP contribution in [0.1, 0.15) is 66.4 Å². The molecule has 4 rings (SSSR count). The molecular formula is C33H42N2O6S. The highest BCUT2D eigenvalue weighted by atomic mass is 32.2. The number of amides is 2. The quantitative estimate of drug-likeness (QED) is 0.276. The van der Waals surface area contributed by atoms with E-state index in [4.69, 9.17) is 9.47 Å². The molecule has 42 heavy (non-hydrogen) atoms. The van der Waals surface area contributed by atoms with E-state index in [1.54, 1.807) is 11.0 Å². The van der Waals surface area contributed by atoms with Gasteiger partial charge in [-0.1, -0.05) is 55.7 Å². The SMILES string of the molecule is CSCC[C@H](NC(=O)c1ccc(COCC2=CCCN2C(=O)OCC2CCCCC2)cc1-c1ccccc1C)C(=O)O. The number of aryl methyl sites for hydroxylation is 1. The van der Waals surface area contributed by atoms with E-state index in [0.29, 0.717) is 42.4 Å². The van der Waals surface area contributed by atoms with Crippen LogP contribution in [0.5, 0.6) is 0 Å². The molecule has 0 aromatic heterocycles. The molecule has 1 aliphatic heterocycles. The average Bonchev–Trinajstić information content (AvgIpc) is 3.47. The van der Waals surface area contributed by atoms with Gasteiger partial charge in [-0.15, -0.1) is 0 Å². The Labute approximate surface area is 252 Å². The number of carbonyl (C=O) groups excluding carboxylic acids is 2. The number of hydrogen-bond donors (Lipinski definition) is 2. The van der Waals surface area contributed by atoms with E-state index in [2.05, 4.69) is 5.32 Å². The minimum absolute atomic E-state index is 0.274. The first-order valence-electron chi connectivity index (χ1n) is 14.8. The number of aliphatic carboxylic acids is 1. The van der Waals surface area contributed by atoms with Gasteiger partial charge in [0.15, 0.2) is 0 Å². The van der Waals surface area contributed by atoms with Gasteiger partial charge in [0.2, 0.25) is 0 Å². The summed E-state index contributed by atoms with van der Waals surface area (Å²) in [5.74, 6) is -0.378. The maximum Gasteiger partial charge on any atom is 0.414 e. The largest absolute Gasteiger partial charge is 0.480 e. The summed E-state index contributed by atoms with van der Waals surface area (Å²) in [6.07, 6.45) is 10.7. The average molecular weight is 595 g/mol. The minimum atomic E-state index is -1.05. The van der Waals surface area contributed by atoms with Crippen molar-refractivity contribution in [2.75, 3.05) is 31.8 Å². The molecule has 0 spiro atoms. The van der Waals surface area contributed by atoms with Gasteiger partial charge < -0.3 is 19.9 Å². The lowest BCUT2D eigenvalue weighted by atomic mass is 9.90. The van der Waals surface area contributed by atoms with E-state index in [1.165, 1.54) is 31.0 Å². The van der Waals surface area contributed by atoms with Crippen LogP contribution in [0.2, 0.25) is 0 Å². The van der Waals surface area contributed by atoms with Crippen LogP contribution in [0.15, 0.2) is 54.2 Å². The highest BCUT2D eigenvalue weighted by Crippen LogP contribution is 2.29. The van der Waals surface area contributed by atoms with Crippen LogP contribution < -0.4 is 5.32 Å². The van der Waals surface area contributed by atoms with Crippen LogP contribution in [0, 0.1) is 12.8 Å². The first kappa shape index (κ1) is 31.6. The third-order valence-corrected chi connectivity index (χ3v) is 8.61. The first-order chi connectivity index (χ1) is 20.4. The van der Waals surface area contributed by atoms with E-state index in [0.717, 1.165) is 41.6 Å². The number of carboxylic acids is 1. The molecule has 0 unspecified atom stereocenters. The number of rotatable bonds is 13. The Balaban J connectivity index is 1.42. The summed E-state index contributed by atoms with van der Waals surface area (Å²) in [4.78, 5) is 39.5. The van der Waals surface area contributed by atoms with Gasteiger partial charge in [0.1, 0.15) is 6.04 Å². The fraction of sp³-hybridized carbons (Fsp3) is 0.485. The summed E-state index contributed by atoms with van der Waals surface area (Å²) in [7, 11) is 0. The standard InChI is InChI=1S/C33H42N2O6S/c1-23-9-6-7-13-27(23)29-19-25(14-15-28(29)31(36)34-30(32(37)38)16-18-42-2)20-40-22-26-12-8-17-35(26)33(39)41-21-24-10-4-3-5-11-24/h6-7,9,12-15,19,24,30H,3-5,8,10-11,16-18,20-22H2,1-2H3,(H,34,36)(H,37,38)/t30-/m0/s1. The monoisotopic (exact) mass is 594 g/mol. The van der Waals surface area contributed by atoms with Crippen molar-refractivity contribution in [3.05, 3.63) is 70.9 Å². The molecule has 0 radical (unpaired) electrons. The predicted molar refractivity (Wildman–Crippen MR) is 165 cm³/mol. The van der Waals surface area contributed by atoms with Gasteiger partial charge in [-0.05, 0) is 84.9 Å². The Hall–Kier alpha value is -3.30. The third kappa shape index (κ3) is 8.61. The molecule has 0 saturated heterocycles. The van der Waals surface area contributed by atoms with Crippen LogP contribution in [0.3, 0.4) is 0 Å². The maximum atomic E-state index is 13.3. The Morgan fingerprint density at radius 3 is 2.60 bits per heavy atom. The normalized spacial score (nSPS) is 16.1. The first-order valence-corrected chi connectivity index (χ1v) is 16.2. The number of carboxylic acid groups (broad SMARTS) is 1. The van der Waals surface area contributed by atoms with Crippen LogP contribution in [0.4, 0.5) is 4.79 Å². The molecule has 226 valence electrons. The van der Waals surface area contributed by atoms with Crippen molar-refractivity contribution in [1.82, 2.24) is 10.2 Å². The molecule has 1 heterocycles. The number of benzene rings is 2. The van der Waals surface area contributed by atoms with Crippen molar-refractivity contribution < 1.29 is 29.0 Å². The van der Waals surface area contributed by atoms with Gasteiger partial charge in [-0.25, -0.2) is 9.59 Å². The molecule has 1 fully saturated rings. The Morgan fingerprint density at radius 2 is 1.86 bits per heavy atom. The Kier molecular flexibility index (Phi) is 11.9. The molecule has 8 nitrogen and oxygen atoms in total. The van der Waals surface area contributed by atoms with Gasteiger partial charge >= 0.3 is 12.1 Å². The lowest BCUT2D eigenvalue weighted by molar-refractivity contribution is -0.139. The number of thioether (sulfide) groups is 1. The second kappa shape index (κ2) is 15.8. The second-order valence-corrected chi connectivity index (χ2v) is 12.0. The lowest BCUT2D eigenvalue weighted by Crippen LogP contribution is -2.41. The van der Waals surface area contributed by atoms with Gasteiger partial charge in [-0.3, -0.25) is 9.69 Å². The van der Waals surface area contributed by atoms with Crippen molar-refractivity contribution in [2.45, 2.75) is 64.5 Å². The fourth-order valence-corrected chi connectivity index (χ4v) is 6.03. The Morgan fingerprint density at radius 1 is 1.07 bits per heavy atom. The molecule has 0 bridgehead atoms. The number of carbonyl (C=O) groups is 3. The molecule has 2 N–H and O–H groups in total. The molecule has 2 aromatic rings. The number of ether oxygens (including phenoxy) is 2. The predicted octanol–water partition coefficient (Wildman–Crippen LogP) is 6.42. The van der Waals surface area contributed by atoms with E-state index in [9.17, 15) is 19.5 Å². The number of hydrogen-bond acceptors (Lipinski definition) is 6. The number of nitrogens with one attached hydrogen (secondary N) is 1. The zero-order valence-corrected chi connectivity index (χ0v) is 25.4. The van der Waals surface area contributed by atoms with E-state index in [1.807, 2.05) is 55.7 Å². The van der Waals surface area contributed by atoms with Gasteiger partial charge in [0.25, 0.3) is 5.91 Å². The molecule has 2 aromatic carbocycles. The van der Waals surface area contributed by atoms with E-state index in [-0.39, 0.29) is 19.3 Å². The molecule has 1 atom stereocenters. The third-order valence-electron chi connectivity index (χ3n) is 7.96. The molecule has 1 saturated carbocycles. The van der Waals surface area contributed by atoms with Crippen molar-refractivity contribution in [3.63, 3.8) is 0 Å². The molecule has 9 heteroatoms. The highest BCUT2D eigenvalue weighted by Gasteiger charge is 2.26. The summed E-state index contributed by atoms with van der Waals surface area (Å²) in [5.41, 5.74) is 4.70. The maximum absolute atomic E-state index is 13.3. The highest BCUT2D eigenvalue weighted by molar-refractivity contribution is 7.98. The molecule has 2 aliphatic rings. The van der Waals surface area contributed by atoms with Crippen LogP contribution in [-0.4, -0.2) is 65.8 Å². The summed E-state index contributed by atoms with van der Waals surface area (Å²) in [6.45, 7) is 3.62. The summed E-state index contributed by atoms with van der Waals surface area (Å²) in [5, 5.41) is 12.3. The van der Waals surface area contributed by atoms with Crippen LogP contribution in [0.25, 0.3) is 11.1 Å². The van der Waals surface area contributed by atoms with Crippen molar-refractivity contribution in [3.8, 4) is 11.1 Å². The molecule has 1 aliphatic carbocycles. The zero-order chi connectivity index (χ0) is 29.9. The zero-order valence-electron chi connectivity index (χ0n) is 24.6. The second-order valence-electron chi connectivity index (χ2n) is 11.1. The van der Waals surface area contributed by atoms with Gasteiger partial charge in [0, 0.05) is 17.8 Å². The van der Waals surface area contributed by atoms with Gasteiger partial charge in [0.05, 0.1) is 19.8 Å². The van der Waals surface area contributed by atoms with Crippen LogP contribution in [-0.2, 0) is 20.9 Å². The molecule has 2 amide bonds. The lowest BCUT2D eigenvalue weighted by Gasteiger charge is -2.24. The van der Waals surface area contributed by atoms with Crippen molar-refractivity contribution in [2.24, 2.45) is 5.92 Å². The number of nitrogens with zero attached hydrogens (tertiary/aromatic N) is 1. The molecular weight excluding hydrogens is 552 g/mol. The summed E-state index contributed by atoms with van der Waals surface area (Å²) < 4.78 is 11.7. The minimum Gasteiger partial charge on any atom is -0.480 e.